The number of carbonyl (C=O) groups is 4. The number of nitrogens with one attached hydrogen (secondary N) is 2. The molecule has 3 heterocycles. The Kier molecular flexibility index (Phi) is 8.68. The van der Waals surface area contributed by atoms with Crippen molar-refractivity contribution in [2.75, 3.05) is 18.9 Å². The van der Waals surface area contributed by atoms with E-state index in [2.05, 4.69) is 20.8 Å². The maximum Gasteiger partial charge on any atom is 0.335 e. The zero-order valence-electron chi connectivity index (χ0n) is 24.9. The van der Waals surface area contributed by atoms with Gasteiger partial charge < -0.3 is 25.5 Å². The molecular weight excluding hydrogens is 629 g/mol. The lowest BCUT2D eigenvalue weighted by Crippen LogP contribution is -2.49. The largest absolute Gasteiger partial charge is 0.478 e. The zero-order valence-corrected chi connectivity index (χ0v) is 25.6. The molecule has 238 valence electrons. The highest BCUT2D eigenvalue weighted by Crippen LogP contribution is 2.38. The predicted molar refractivity (Wildman–Crippen MR) is 171 cm³/mol. The molecule has 0 spiro atoms. The lowest BCUT2D eigenvalue weighted by Gasteiger charge is -2.38. The summed E-state index contributed by atoms with van der Waals surface area (Å²) in [5, 5.41) is 18.5. The molecule has 4 aromatic rings. The summed E-state index contributed by atoms with van der Waals surface area (Å²) in [5.74, 6) is -3.16. The van der Waals surface area contributed by atoms with Crippen molar-refractivity contribution in [2.45, 2.75) is 25.0 Å². The summed E-state index contributed by atoms with van der Waals surface area (Å²) < 4.78 is 14.7. The van der Waals surface area contributed by atoms with Gasteiger partial charge >= 0.3 is 5.97 Å². The number of hydrogen-bond donors (Lipinski definition) is 3. The molecular formula is C34H27ClFN5O6. The normalized spacial score (nSPS) is 16.8. The van der Waals surface area contributed by atoms with Crippen LogP contribution in [0.1, 0.15) is 50.0 Å². The Hall–Kier alpha value is -5.62. The summed E-state index contributed by atoms with van der Waals surface area (Å²) in [4.78, 5) is 62.6. The quantitative estimate of drug-likeness (QED) is 0.257. The SMILES string of the molecule is CNC(=O)c1ccc(-c2cccc3c2CCN(C(=O)[C@H]2CC(c4cccc(Cl)c4F)=NO2)[C@@H]3C(=O)Nc2ccc(C(=O)O)cc2)cn1. The van der Waals surface area contributed by atoms with E-state index in [4.69, 9.17) is 16.4 Å². The number of halogens is 2. The molecule has 6 rings (SSSR count). The Morgan fingerprint density at radius 3 is 2.45 bits per heavy atom. The highest BCUT2D eigenvalue weighted by atomic mass is 35.5. The Labute approximate surface area is 273 Å². The minimum Gasteiger partial charge on any atom is -0.478 e. The molecule has 47 heavy (non-hydrogen) atoms. The molecule has 0 saturated carbocycles. The molecule has 3 amide bonds. The van der Waals surface area contributed by atoms with E-state index in [9.17, 15) is 28.7 Å². The Morgan fingerprint density at radius 2 is 1.74 bits per heavy atom. The standard InChI is InChI=1S/C34H27ClFN5O6/c1-37-31(42)26-13-10-19(17-38-26)21-4-2-5-23-22(21)14-15-41(30(23)32(43)39-20-11-8-18(9-12-20)34(45)46)33(44)28-16-27(40-47-28)24-6-3-7-25(35)29(24)36/h2-13,17,28,30H,14-16H2,1H3,(H,37,42)(H,39,43)(H,45,46)/t28-,30+/m1/s1. The number of carboxylic acids is 1. The summed E-state index contributed by atoms with van der Waals surface area (Å²) in [5.41, 5.74) is 3.87. The summed E-state index contributed by atoms with van der Waals surface area (Å²) >= 11 is 5.95. The minimum absolute atomic E-state index is 0.0339. The van der Waals surface area contributed by atoms with Gasteiger partial charge in [-0.2, -0.15) is 0 Å². The first-order valence-corrected chi connectivity index (χ1v) is 15.0. The number of pyridine rings is 1. The molecule has 13 heteroatoms. The van der Waals surface area contributed by atoms with E-state index < -0.39 is 35.7 Å². The number of benzene rings is 3. The Balaban J connectivity index is 1.33. The lowest BCUT2D eigenvalue weighted by atomic mass is 9.86. The smallest absolute Gasteiger partial charge is 0.335 e. The number of rotatable bonds is 7. The van der Waals surface area contributed by atoms with Crippen LogP contribution >= 0.6 is 11.6 Å². The number of aromatic nitrogens is 1. The monoisotopic (exact) mass is 655 g/mol. The number of nitrogens with zero attached hydrogens (tertiary/aromatic N) is 3. The van der Waals surface area contributed by atoms with Crippen molar-refractivity contribution >= 4 is 46.7 Å². The van der Waals surface area contributed by atoms with Crippen LogP contribution in [0.15, 0.2) is 84.1 Å². The maximum atomic E-state index is 14.7. The average molecular weight is 656 g/mol. The number of fused-ring (bicyclic) bond motifs is 1. The van der Waals surface area contributed by atoms with Crippen molar-refractivity contribution in [3.8, 4) is 11.1 Å². The number of hydrogen-bond acceptors (Lipinski definition) is 7. The van der Waals surface area contributed by atoms with E-state index >= 15 is 0 Å². The highest BCUT2D eigenvalue weighted by Gasteiger charge is 2.42. The van der Waals surface area contributed by atoms with Crippen LogP contribution < -0.4 is 10.6 Å². The third kappa shape index (κ3) is 6.15. The molecule has 0 unspecified atom stereocenters. The first-order chi connectivity index (χ1) is 22.7. The van der Waals surface area contributed by atoms with Crippen LogP contribution in [-0.4, -0.2) is 64.1 Å². The average Bonchev–Trinajstić information content (AvgIpc) is 3.58. The summed E-state index contributed by atoms with van der Waals surface area (Å²) in [6.07, 6.45) is 0.819. The van der Waals surface area contributed by atoms with E-state index in [1.165, 1.54) is 48.3 Å². The number of anilines is 1. The van der Waals surface area contributed by atoms with Crippen LogP contribution in [0.2, 0.25) is 5.02 Å². The van der Waals surface area contributed by atoms with E-state index in [0.717, 1.165) is 16.7 Å². The van der Waals surface area contributed by atoms with E-state index in [1.54, 1.807) is 36.5 Å². The maximum absolute atomic E-state index is 14.7. The first kappa shape index (κ1) is 31.4. The lowest BCUT2D eigenvalue weighted by molar-refractivity contribution is -0.148. The van der Waals surface area contributed by atoms with E-state index in [1.807, 2.05) is 6.07 Å². The molecule has 0 fully saturated rings. The van der Waals surface area contributed by atoms with Crippen molar-refractivity contribution < 1.29 is 33.5 Å². The summed E-state index contributed by atoms with van der Waals surface area (Å²) in [7, 11) is 1.52. The molecule has 2 aliphatic heterocycles. The van der Waals surface area contributed by atoms with Crippen molar-refractivity contribution in [3.05, 3.63) is 118 Å². The molecule has 0 aliphatic carbocycles. The molecule has 0 radical (unpaired) electrons. The van der Waals surface area contributed by atoms with Crippen molar-refractivity contribution in [1.82, 2.24) is 15.2 Å². The van der Waals surface area contributed by atoms with Gasteiger partial charge in [0.05, 0.1) is 16.3 Å². The number of carbonyl (C=O) groups excluding carboxylic acids is 3. The number of amides is 3. The second-order valence-electron chi connectivity index (χ2n) is 10.9. The van der Waals surface area contributed by atoms with E-state index in [-0.39, 0.29) is 46.4 Å². The van der Waals surface area contributed by atoms with Gasteiger partial charge in [-0.15, -0.1) is 0 Å². The van der Waals surface area contributed by atoms with Gasteiger partial charge in [-0.1, -0.05) is 47.1 Å². The van der Waals surface area contributed by atoms with Gasteiger partial charge in [-0.25, -0.2) is 9.18 Å². The second-order valence-corrected chi connectivity index (χ2v) is 11.3. The Bertz CT molecular complexity index is 1930. The Morgan fingerprint density at radius 1 is 1.00 bits per heavy atom. The molecule has 11 nitrogen and oxygen atoms in total. The van der Waals surface area contributed by atoms with Gasteiger partial charge in [0.2, 0.25) is 6.10 Å². The molecule has 2 atom stereocenters. The fourth-order valence-electron chi connectivity index (χ4n) is 5.76. The van der Waals surface area contributed by atoms with Crippen LogP contribution in [0.4, 0.5) is 10.1 Å². The minimum atomic E-state index is -1.11. The molecule has 2 aliphatic rings. The van der Waals surface area contributed by atoms with Crippen LogP contribution in [0.25, 0.3) is 11.1 Å². The predicted octanol–water partition coefficient (Wildman–Crippen LogP) is 4.86. The van der Waals surface area contributed by atoms with Gasteiger partial charge in [0.15, 0.2) is 5.82 Å². The van der Waals surface area contributed by atoms with Gasteiger partial charge in [-0.05, 0) is 65.6 Å². The fraction of sp³-hybridized carbons (Fsp3) is 0.176. The zero-order chi connectivity index (χ0) is 33.2. The first-order valence-electron chi connectivity index (χ1n) is 14.6. The van der Waals surface area contributed by atoms with Crippen molar-refractivity contribution in [1.29, 1.82) is 0 Å². The number of carboxylic acid groups (broad SMARTS) is 1. The van der Waals surface area contributed by atoms with Crippen LogP contribution in [0.5, 0.6) is 0 Å². The van der Waals surface area contributed by atoms with Crippen molar-refractivity contribution in [2.24, 2.45) is 5.16 Å². The van der Waals surface area contributed by atoms with E-state index in [0.29, 0.717) is 17.7 Å². The fourth-order valence-corrected chi connectivity index (χ4v) is 5.94. The highest BCUT2D eigenvalue weighted by molar-refractivity contribution is 6.31. The third-order valence-corrected chi connectivity index (χ3v) is 8.38. The molecule has 0 saturated heterocycles. The van der Waals surface area contributed by atoms with Crippen LogP contribution in [0.3, 0.4) is 0 Å². The summed E-state index contributed by atoms with van der Waals surface area (Å²) in [6.45, 7) is 0.142. The van der Waals surface area contributed by atoms with Gasteiger partial charge in [0.1, 0.15) is 11.7 Å². The second kappa shape index (κ2) is 13.0. The van der Waals surface area contributed by atoms with Crippen LogP contribution in [-0.2, 0) is 20.8 Å². The molecule has 1 aromatic heterocycles. The molecule has 3 aromatic carbocycles. The van der Waals surface area contributed by atoms with Gasteiger partial charge in [0, 0.05) is 43.0 Å². The molecule has 3 N–H and O–H groups in total. The summed E-state index contributed by atoms with van der Waals surface area (Å²) in [6, 6.07) is 17.8. The molecule has 0 bridgehead atoms. The number of oxime groups is 1. The van der Waals surface area contributed by atoms with Crippen molar-refractivity contribution in [3.63, 3.8) is 0 Å². The number of aromatic carboxylic acids is 1. The van der Waals surface area contributed by atoms with Gasteiger partial charge in [0.25, 0.3) is 17.7 Å². The van der Waals surface area contributed by atoms with Gasteiger partial charge in [-0.3, -0.25) is 19.4 Å². The van der Waals surface area contributed by atoms with Crippen LogP contribution in [0, 0.1) is 5.82 Å². The third-order valence-electron chi connectivity index (χ3n) is 8.09. The topological polar surface area (TPSA) is 150 Å².